The third-order valence-electron chi connectivity index (χ3n) is 2.67. The number of carbonyl (C=O) groups excluding carboxylic acids is 1. The summed E-state index contributed by atoms with van der Waals surface area (Å²) in [6, 6.07) is 5.22. The summed E-state index contributed by atoms with van der Waals surface area (Å²) in [6.07, 6.45) is 0.953. The number of nitrogen functional groups attached to an aromatic ring is 1. The standard InChI is InChI=1S/C15H24N2O2/c1-10(2)7-8-17-14-6-5-12(9-13(14)16)15(18)19-11(3)4/h5-6,9-11,17H,7-8,16H2,1-4H3. The SMILES string of the molecule is CC(C)CCNc1ccc(C(=O)OC(C)C)cc1N. The topological polar surface area (TPSA) is 64.3 Å². The summed E-state index contributed by atoms with van der Waals surface area (Å²) in [4.78, 5) is 11.7. The maximum absolute atomic E-state index is 11.7. The number of esters is 1. The maximum Gasteiger partial charge on any atom is 0.338 e. The molecule has 0 unspecified atom stereocenters. The Morgan fingerprint density at radius 1 is 1.32 bits per heavy atom. The molecular weight excluding hydrogens is 240 g/mol. The number of benzene rings is 1. The van der Waals surface area contributed by atoms with E-state index in [4.69, 9.17) is 10.5 Å². The molecule has 0 bridgehead atoms. The van der Waals surface area contributed by atoms with Crippen LogP contribution in [0.25, 0.3) is 0 Å². The van der Waals surface area contributed by atoms with Crippen molar-refractivity contribution in [1.82, 2.24) is 0 Å². The number of ether oxygens (including phenoxy) is 1. The number of hydrogen-bond donors (Lipinski definition) is 2. The Kier molecular flexibility index (Phi) is 5.67. The van der Waals surface area contributed by atoms with Gasteiger partial charge in [0.15, 0.2) is 0 Å². The average molecular weight is 264 g/mol. The summed E-state index contributed by atoms with van der Waals surface area (Å²) in [5.74, 6) is 0.310. The van der Waals surface area contributed by atoms with Crippen LogP contribution in [0.1, 0.15) is 44.5 Å². The quantitative estimate of drug-likeness (QED) is 0.611. The Labute approximate surface area is 115 Å². The molecule has 0 radical (unpaired) electrons. The highest BCUT2D eigenvalue weighted by molar-refractivity contribution is 5.92. The van der Waals surface area contributed by atoms with Crippen LogP contribution in [0.5, 0.6) is 0 Å². The van der Waals surface area contributed by atoms with Gasteiger partial charge in [0.1, 0.15) is 0 Å². The van der Waals surface area contributed by atoms with Crippen molar-refractivity contribution in [1.29, 1.82) is 0 Å². The molecule has 0 saturated carbocycles. The highest BCUT2D eigenvalue weighted by Gasteiger charge is 2.11. The van der Waals surface area contributed by atoms with Crippen molar-refractivity contribution in [2.45, 2.75) is 40.2 Å². The van der Waals surface area contributed by atoms with Crippen molar-refractivity contribution >= 4 is 17.3 Å². The van der Waals surface area contributed by atoms with Gasteiger partial charge < -0.3 is 15.8 Å². The number of rotatable bonds is 6. The van der Waals surface area contributed by atoms with Crippen molar-refractivity contribution in [3.8, 4) is 0 Å². The zero-order valence-corrected chi connectivity index (χ0v) is 12.2. The lowest BCUT2D eigenvalue weighted by atomic mass is 10.1. The smallest absolute Gasteiger partial charge is 0.338 e. The van der Waals surface area contributed by atoms with Crippen LogP contribution in [-0.4, -0.2) is 18.6 Å². The second-order valence-electron chi connectivity index (χ2n) is 5.37. The van der Waals surface area contributed by atoms with Crippen molar-refractivity contribution in [2.75, 3.05) is 17.6 Å². The van der Waals surface area contributed by atoms with Crippen molar-refractivity contribution in [3.05, 3.63) is 23.8 Å². The lowest BCUT2D eigenvalue weighted by Gasteiger charge is -2.12. The minimum Gasteiger partial charge on any atom is -0.459 e. The van der Waals surface area contributed by atoms with Gasteiger partial charge in [-0.1, -0.05) is 13.8 Å². The van der Waals surface area contributed by atoms with Gasteiger partial charge in [-0.15, -0.1) is 0 Å². The van der Waals surface area contributed by atoms with Crippen LogP contribution in [0.15, 0.2) is 18.2 Å². The predicted octanol–water partition coefficient (Wildman–Crippen LogP) is 3.29. The first kappa shape index (κ1) is 15.3. The fourth-order valence-corrected chi connectivity index (χ4v) is 1.63. The van der Waals surface area contributed by atoms with Crippen LogP contribution in [0, 0.1) is 5.92 Å². The summed E-state index contributed by atoms with van der Waals surface area (Å²) < 4.78 is 5.13. The number of hydrogen-bond acceptors (Lipinski definition) is 4. The van der Waals surface area contributed by atoms with Crippen molar-refractivity contribution in [2.24, 2.45) is 5.92 Å². The summed E-state index contributed by atoms with van der Waals surface area (Å²) >= 11 is 0. The van der Waals surface area contributed by atoms with Gasteiger partial charge in [-0.3, -0.25) is 0 Å². The highest BCUT2D eigenvalue weighted by atomic mass is 16.5. The van der Waals surface area contributed by atoms with Gasteiger partial charge in [-0.05, 0) is 44.4 Å². The largest absolute Gasteiger partial charge is 0.459 e. The molecule has 0 aliphatic rings. The van der Waals surface area contributed by atoms with Crippen LogP contribution in [-0.2, 0) is 4.74 Å². The second-order valence-corrected chi connectivity index (χ2v) is 5.37. The monoisotopic (exact) mass is 264 g/mol. The van der Waals surface area contributed by atoms with E-state index in [0.717, 1.165) is 18.7 Å². The molecule has 0 aliphatic heterocycles. The minimum atomic E-state index is -0.338. The van der Waals surface area contributed by atoms with Gasteiger partial charge >= 0.3 is 5.97 Å². The average Bonchev–Trinajstić information content (AvgIpc) is 2.29. The zero-order valence-electron chi connectivity index (χ0n) is 12.2. The molecule has 1 aromatic carbocycles. The van der Waals surface area contributed by atoms with E-state index in [9.17, 15) is 4.79 Å². The van der Waals surface area contributed by atoms with E-state index in [1.807, 2.05) is 19.9 Å². The molecule has 0 saturated heterocycles. The minimum absolute atomic E-state index is 0.127. The van der Waals surface area contributed by atoms with Crippen molar-refractivity contribution < 1.29 is 9.53 Å². The van der Waals surface area contributed by atoms with E-state index in [1.54, 1.807) is 12.1 Å². The molecule has 0 spiro atoms. The molecule has 1 aromatic rings. The second kappa shape index (κ2) is 7.02. The zero-order chi connectivity index (χ0) is 14.4. The van der Waals surface area contributed by atoms with E-state index in [0.29, 0.717) is 17.2 Å². The lowest BCUT2D eigenvalue weighted by Crippen LogP contribution is -2.12. The molecule has 106 valence electrons. The summed E-state index contributed by atoms with van der Waals surface area (Å²) in [5, 5.41) is 3.27. The summed E-state index contributed by atoms with van der Waals surface area (Å²) in [5.41, 5.74) is 7.86. The molecule has 3 N–H and O–H groups in total. The van der Waals surface area contributed by atoms with Crippen LogP contribution >= 0.6 is 0 Å². The van der Waals surface area contributed by atoms with E-state index >= 15 is 0 Å². The van der Waals surface area contributed by atoms with Crippen LogP contribution in [0.3, 0.4) is 0 Å². The Hall–Kier alpha value is -1.71. The van der Waals surface area contributed by atoms with E-state index in [1.165, 1.54) is 0 Å². The van der Waals surface area contributed by atoms with Gasteiger partial charge in [0.2, 0.25) is 0 Å². The van der Waals surface area contributed by atoms with Crippen LogP contribution in [0.2, 0.25) is 0 Å². The number of carbonyl (C=O) groups is 1. The molecule has 1 rings (SSSR count). The van der Waals surface area contributed by atoms with E-state index in [-0.39, 0.29) is 12.1 Å². The molecule has 4 heteroatoms. The van der Waals surface area contributed by atoms with Crippen LogP contribution < -0.4 is 11.1 Å². The molecule has 0 aromatic heterocycles. The van der Waals surface area contributed by atoms with Gasteiger partial charge in [-0.2, -0.15) is 0 Å². The summed E-state index contributed by atoms with van der Waals surface area (Å²) in [6.45, 7) is 8.87. The first-order valence-corrected chi connectivity index (χ1v) is 6.74. The Morgan fingerprint density at radius 2 is 2.00 bits per heavy atom. The Balaban J connectivity index is 2.66. The molecule has 4 nitrogen and oxygen atoms in total. The molecular formula is C15H24N2O2. The third-order valence-corrected chi connectivity index (χ3v) is 2.67. The molecule has 0 aliphatic carbocycles. The lowest BCUT2D eigenvalue weighted by molar-refractivity contribution is 0.0378. The first-order chi connectivity index (χ1) is 8.90. The molecule has 19 heavy (non-hydrogen) atoms. The Morgan fingerprint density at radius 3 is 2.53 bits per heavy atom. The van der Waals surface area contributed by atoms with Gasteiger partial charge in [0, 0.05) is 6.54 Å². The maximum atomic E-state index is 11.7. The van der Waals surface area contributed by atoms with Crippen LogP contribution in [0.4, 0.5) is 11.4 Å². The fraction of sp³-hybridized carbons (Fsp3) is 0.533. The summed E-state index contributed by atoms with van der Waals surface area (Å²) in [7, 11) is 0. The highest BCUT2D eigenvalue weighted by Crippen LogP contribution is 2.21. The van der Waals surface area contributed by atoms with Gasteiger partial charge in [-0.25, -0.2) is 4.79 Å². The van der Waals surface area contributed by atoms with E-state index in [2.05, 4.69) is 19.2 Å². The normalized spacial score (nSPS) is 10.8. The van der Waals surface area contributed by atoms with Crippen molar-refractivity contribution in [3.63, 3.8) is 0 Å². The predicted molar refractivity (Wildman–Crippen MR) is 79.4 cm³/mol. The number of nitrogens with two attached hydrogens (primary N) is 1. The van der Waals surface area contributed by atoms with E-state index < -0.39 is 0 Å². The number of nitrogens with one attached hydrogen (secondary N) is 1. The van der Waals surface area contributed by atoms with Gasteiger partial charge in [0.05, 0.1) is 23.0 Å². The molecule has 0 fully saturated rings. The first-order valence-electron chi connectivity index (χ1n) is 6.74. The third kappa shape index (κ3) is 5.20. The molecule has 0 amide bonds. The Bertz CT molecular complexity index is 428. The molecule has 0 heterocycles. The van der Waals surface area contributed by atoms with Gasteiger partial charge in [0.25, 0.3) is 0 Å². The molecule has 0 atom stereocenters. The fourth-order valence-electron chi connectivity index (χ4n) is 1.63. The number of anilines is 2.